The molecule has 0 aliphatic carbocycles. The molecule has 39 heteroatoms. The maximum absolute atomic E-state index is 13.1. The lowest BCUT2D eigenvalue weighted by Crippen LogP contribution is -2.20. The molecule has 31 nitrogen and oxygen atoms in total. The van der Waals surface area contributed by atoms with Crippen LogP contribution in [0.3, 0.4) is 0 Å². The molecule has 0 saturated carbocycles. The second kappa shape index (κ2) is 42.1. The SMILES string of the molecule is COc1cc(C(=O)Nc2nnc(-c3ccncc3)s2)cc(OC)c1OC.Cc1ccccc1OCC(=O)Nc1nnc(-c2ccncc2)s1.O=C(Cc1ccc(F)c(Cl)c1)Nc1nnc(-c2ccncc2)s1.O=C(Cc1ccc(F)cc1)Nc1nnc(-c2ccncc2)s1.O=C(O)c1ccccc1C(=O)Nc1nnc(-c2ccncc2)s1. The maximum Gasteiger partial charge on any atom is 0.336 e. The summed E-state index contributed by atoms with van der Waals surface area (Å²) in [5, 5.41) is 67.8. The van der Waals surface area contributed by atoms with Gasteiger partial charge in [-0.2, -0.15) is 0 Å². The van der Waals surface area contributed by atoms with Crippen LogP contribution in [0, 0.1) is 18.6 Å². The second-order valence-corrected chi connectivity index (χ2v) is 28.6. The highest BCUT2D eigenvalue weighted by Gasteiger charge is 2.22. The summed E-state index contributed by atoms with van der Waals surface area (Å²) in [6, 6.07) is 44.8. The van der Waals surface area contributed by atoms with Crippen LogP contribution in [-0.2, 0) is 27.2 Å². The number of ether oxygens (including phenoxy) is 4. The zero-order chi connectivity index (χ0) is 82.4. The van der Waals surface area contributed by atoms with Crippen molar-refractivity contribution in [3.8, 4) is 75.9 Å². The highest BCUT2D eigenvalue weighted by molar-refractivity contribution is 7.20. The molecular weight excluding hydrogens is 1630 g/mol. The predicted molar refractivity (Wildman–Crippen MR) is 439 cm³/mol. The number of anilines is 5. The number of halogens is 3. The van der Waals surface area contributed by atoms with E-state index in [1.165, 1.54) is 120 Å². The molecular formula is C78H61ClF2N20O11S5. The van der Waals surface area contributed by atoms with Crippen LogP contribution in [0.25, 0.3) is 52.9 Å². The smallest absolute Gasteiger partial charge is 0.336 e. The fourth-order valence-electron chi connectivity index (χ4n) is 9.80. The Kier molecular flexibility index (Phi) is 30.1. The molecule has 0 radical (unpaired) electrons. The minimum atomic E-state index is -1.16. The molecule has 15 rings (SSSR count). The summed E-state index contributed by atoms with van der Waals surface area (Å²) in [5.41, 5.74) is 7.09. The Hall–Kier alpha value is -14.2. The van der Waals surface area contributed by atoms with Crippen LogP contribution >= 0.6 is 68.3 Å². The van der Waals surface area contributed by atoms with E-state index in [9.17, 15) is 37.5 Å². The molecule has 0 atom stereocenters. The van der Waals surface area contributed by atoms with Crippen molar-refractivity contribution in [3.63, 3.8) is 0 Å². The molecule has 10 heterocycles. The number of pyridine rings is 5. The number of carbonyl (C=O) groups excluding carboxylic acids is 5. The Labute approximate surface area is 688 Å². The summed E-state index contributed by atoms with van der Waals surface area (Å²) in [6.07, 6.45) is 16.9. The van der Waals surface area contributed by atoms with Gasteiger partial charge in [-0.05, 0) is 139 Å². The molecule has 0 bridgehead atoms. The number of carboxylic acid groups (broad SMARTS) is 1. The topological polar surface area (TPSA) is 413 Å². The van der Waals surface area contributed by atoms with Gasteiger partial charge >= 0.3 is 5.97 Å². The number of aromatic carboxylic acids is 1. The van der Waals surface area contributed by atoms with Crippen LogP contribution in [0.1, 0.15) is 47.8 Å². The number of para-hydroxylation sites is 1. The molecule has 5 amide bonds. The van der Waals surface area contributed by atoms with Gasteiger partial charge in [0, 0.05) is 95.3 Å². The number of rotatable bonds is 23. The van der Waals surface area contributed by atoms with Crippen molar-refractivity contribution < 1.29 is 61.6 Å². The van der Waals surface area contributed by atoms with Gasteiger partial charge in [-0.1, -0.05) is 117 Å². The normalized spacial score (nSPS) is 10.4. The Morgan fingerprint density at radius 3 is 1.14 bits per heavy atom. The van der Waals surface area contributed by atoms with Gasteiger partial charge in [-0.25, -0.2) is 13.6 Å². The molecule has 6 N–H and O–H groups in total. The first-order chi connectivity index (χ1) is 56.8. The highest BCUT2D eigenvalue weighted by atomic mass is 35.5. The van der Waals surface area contributed by atoms with Crippen LogP contribution in [0.2, 0.25) is 5.02 Å². The summed E-state index contributed by atoms with van der Waals surface area (Å²) in [7, 11) is 4.48. The monoisotopic (exact) mass is 1690 g/mol. The Bertz CT molecular complexity index is 5830. The number of carbonyl (C=O) groups is 6. The van der Waals surface area contributed by atoms with Gasteiger partial charge in [0.15, 0.2) is 18.1 Å². The highest BCUT2D eigenvalue weighted by Crippen LogP contribution is 2.39. The van der Waals surface area contributed by atoms with E-state index in [4.69, 9.17) is 35.7 Å². The third kappa shape index (κ3) is 24.7. The van der Waals surface area contributed by atoms with Crippen LogP contribution in [0.15, 0.2) is 226 Å². The molecule has 0 unspecified atom stereocenters. The van der Waals surface area contributed by atoms with Gasteiger partial charge in [-0.3, -0.25) is 64.8 Å². The number of nitrogens with zero attached hydrogens (tertiary/aromatic N) is 15. The Morgan fingerprint density at radius 1 is 0.393 bits per heavy atom. The Balaban J connectivity index is 0.000000144. The molecule has 590 valence electrons. The van der Waals surface area contributed by atoms with Gasteiger partial charge in [0.2, 0.25) is 43.2 Å². The van der Waals surface area contributed by atoms with E-state index in [1.54, 1.807) is 110 Å². The molecule has 0 aliphatic heterocycles. The summed E-state index contributed by atoms with van der Waals surface area (Å²) in [4.78, 5) is 91.6. The Morgan fingerprint density at radius 2 is 0.752 bits per heavy atom. The van der Waals surface area contributed by atoms with Crippen LogP contribution in [0.4, 0.5) is 34.4 Å². The fourth-order valence-corrected chi connectivity index (χ4v) is 13.8. The number of amides is 5. The minimum Gasteiger partial charge on any atom is -0.493 e. The summed E-state index contributed by atoms with van der Waals surface area (Å²) < 4.78 is 47.2. The third-order valence-electron chi connectivity index (χ3n) is 15.3. The van der Waals surface area contributed by atoms with Crippen molar-refractivity contribution >= 4 is 129 Å². The number of hydrogen-bond acceptors (Lipinski definition) is 30. The van der Waals surface area contributed by atoms with E-state index in [0.717, 1.165) is 44.0 Å². The summed E-state index contributed by atoms with van der Waals surface area (Å²) >= 11 is 12.0. The van der Waals surface area contributed by atoms with Crippen molar-refractivity contribution in [2.75, 3.05) is 54.5 Å². The lowest BCUT2D eigenvalue weighted by Gasteiger charge is -2.13. The first-order valence-electron chi connectivity index (χ1n) is 34.1. The third-order valence-corrected chi connectivity index (χ3v) is 20.1. The molecule has 0 aliphatic rings. The van der Waals surface area contributed by atoms with Crippen LogP contribution in [-0.4, -0.2) is 144 Å². The number of benzene rings is 5. The number of aryl methyl sites for hydroxylation is 1. The zero-order valence-corrected chi connectivity index (χ0v) is 66.2. The van der Waals surface area contributed by atoms with Crippen molar-refractivity contribution in [2.24, 2.45) is 0 Å². The van der Waals surface area contributed by atoms with Crippen molar-refractivity contribution in [3.05, 3.63) is 276 Å². The van der Waals surface area contributed by atoms with E-state index in [0.29, 0.717) is 79.8 Å². The average molecular weight is 1690 g/mol. The van der Waals surface area contributed by atoms with E-state index >= 15 is 0 Å². The van der Waals surface area contributed by atoms with Crippen molar-refractivity contribution in [2.45, 2.75) is 19.8 Å². The van der Waals surface area contributed by atoms with Gasteiger partial charge in [-0.15, -0.1) is 51.0 Å². The molecule has 5 aromatic carbocycles. The summed E-state index contributed by atoms with van der Waals surface area (Å²) in [6.45, 7) is 1.86. The predicted octanol–water partition coefficient (Wildman–Crippen LogP) is 14.8. The lowest BCUT2D eigenvalue weighted by atomic mass is 10.1. The molecule has 10 aromatic heterocycles. The number of methoxy groups -OCH3 is 3. The largest absolute Gasteiger partial charge is 0.493 e. The molecule has 0 spiro atoms. The molecule has 0 saturated heterocycles. The number of hydrogen-bond donors (Lipinski definition) is 6. The molecule has 15 aromatic rings. The second-order valence-electron chi connectivity index (χ2n) is 23.3. The van der Waals surface area contributed by atoms with Crippen molar-refractivity contribution in [1.82, 2.24) is 75.9 Å². The van der Waals surface area contributed by atoms with E-state index in [2.05, 4.69) is 102 Å². The number of nitrogens with one attached hydrogen (secondary N) is 5. The molecule has 0 fully saturated rings. The summed E-state index contributed by atoms with van der Waals surface area (Å²) in [5.74, 6) is -1.76. The first kappa shape index (κ1) is 83.7. The first-order valence-corrected chi connectivity index (χ1v) is 38.5. The lowest BCUT2D eigenvalue weighted by molar-refractivity contribution is -0.118. The van der Waals surface area contributed by atoms with Gasteiger partial charge < -0.3 is 34.7 Å². The fraction of sp³-hybridized carbons (Fsp3) is 0.0897. The number of aromatic nitrogens is 15. The molecule has 117 heavy (non-hydrogen) atoms. The minimum absolute atomic E-state index is 0.00816. The van der Waals surface area contributed by atoms with E-state index in [-0.39, 0.29) is 65.0 Å². The number of carboxylic acids is 1. The average Bonchev–Trinajstić information content (AvgIpc) is 1.74. The standard InChI is InChI=1S/C17H16N4O4S.C16H14N4O2S.C15H10ClFN4OS.C15H11FN4OS.C15H10N4O3S/c1-23-12-8-11(9-13(24-2)14(12)25-3)15(22)19-17-21-20-16(26-17)10-4-6-18-7-5-10;1-11-4-2-3-5-13(11)22-10-14(21)18-16-20-19-15(23-16)12-6-8-17-9-7-12;16-11-7-9(1-2-12(11)17)8-13(22)19-15-21-20-14(23-15)10-3-5-18-6-4-10;16-12-3-1-10(2-4-12)9-13(21)18-15-20-19-14(22-15)11-5-7-17-8-6-11;20-12(10-3-1-2-4-11(10)14(21)22)17-15-19-18-13(23-15)9-5-7-16-8-6-9/h4-9H,1-3H3,(H,19,21,22);2-9H,10H2,1H3,(H,18,20,21);1-7H,8H2,(H,19,21,22);1-8H,9H2,(H,18,20,21);1-8H,(H,21,22)(H,17,19,20). The van der Waals surface area contributed by atoms with E-state index < -0.39 is 17.7 Å². The van der Waals surface area contributed by atoms with Crippen molar-refractivity contribution in [1.29, 1.82) is 0 Å². The maximum atomic E-state index is 13.1. The van der Waals surface area contributed by atoms with E-state index in [1.807, 2.05) is 79.7 Å². The van der Waals surface area contributed by atoms with Crippen LogP contribution < -0.4 is 45.5 Å². The van der Waals surface area contributed by atoms with Gasteiger partial charge in [0.25, 0.3) is 17.7 Å². The quantitative estimate of drug-likeness (QED) is 0.0346. The van der Waals surface area contributed by atoms with Gasteiger partial charge in [0.05, 0.1) is 50.3 Å². The van der Waals surface area contributed by atoms with Gasteiger partial charge in [0.1, 0.15) is 42.4 Å². The zero-order valence-electron chi connectivity index (χ0n) is 61.4. The van der Waals surface area contributed by atoms with Crippen LogP contribution in [0.5, 0.6) is 23.0 Å².